The molecule has 104 valence electrons. The number of benzene rings is 1. The minimum atomic E-state index is -0.198. The standard InChI is InChI=1S/C14H20N2O3/c1-10-15-13-4-3-11(7-14(13)19-10)5-6-16(2)12(8-17)9-18/h3-4,7,12,17-18H,5-6,8-9H2,1-2H3. The predicted octanol–water partition coefficient (Wildman–Crippen LogP) is 0.964. The molecule has 0 unspecified atom stereocenters. The van der Waals surface area contributed by atoms with Gasteiger partial charge in [-0.2, -0.15) is 0 Å². The molecule has 0 aliphatic heterocycles. The largest absolute Gasteiger partial charge is 0.441 e. The second-order valence-corrected chi connectivity index (χ2v) is 4.78. The van der Waals surface area contributed by atoms with Crippen molar-refractivity contribution in [3.63, 3.8) is 0 Å². The quantitative estimate of drug-likeness (QED) is 0.813. The third kappa shape index (κ3) is 3.32. The average molecular weight is 264 g/mol. The van der Waals surface area contributed by atoms with E-state index in [2.05, 4.69) is 4.98 Å². The van der Waals surface area contributed by atoms with E-state index in [1.165, 1.54) is 0 Å². The lowest BCUT2D eigenvalue weighted by Crippen LogP contribution is -2.38. The van der Waals surface area contributed by atoms with Gasteiger partial charge in [-0.15, -0.1) is 0 Å². The molecule has 0 aliphatic rings. The second-order valence-electron chi connectivity index (χ2n) is 4.78. The van der Waals surface area contributed by atoms with Crippen molar-refractivity contribution in [2.24, 2.45) is 0 Å². The summed E-state index contributed by atoms with van der Waals surface area (Å²) in [7, 11) is 1.90. The monoisotopic (exact) mass is 264 g/mol. The summed E-state index contributed by atoms with van der Waals surface area (Å²) in [6, 6.07) is 5.79. The molecule has 0 saturated carbocycles. The Kier molecular flexibility index (Phi) is 4.52. The number of aliphatic hydroxyl groups is 2. The van der Waals surface area contributed by atoms with E-state index in [0.717, 1.165) is 29.6 Å². The van der Waals surface area contributed by atoms with E-state index in [9.17, 15) is 0 Å². The van der Waals surface area contributed by atoms with E-state index >= 15 is 0 Å². The first-order valence-electron chi connectivity index (χ1n) is 6.42. The van der Waals surface area contributed by atoms with E-state index in [1.54, 1.807) is 0 Å². The number of fused-ring (bicyclic) bond motifs is 1. The highest BCUT2D eigenvalue weighted by Crippen LogP contribution is 2.17. The maximum absolute atomic E-state index is 9.11. The van der Waals surface area contributed by atoms with E-state index in [1.807, 2.05) is 37.1 Å². The van der Waals surface area contributed by atoms with E-state index < -0.39 is 0 Å². The average Bonchev–Trinajstić information content (AvgIpc) is 2.77. The molecule has 0 amide bonds. The lowest BCUT2D eigenvalue weighted by atomic mass is 10.1. The smallest absolute Gasteiger partial charge is 0.192 e. The SMILES string of the molecule is Cc1nc2ccc(CCN(C)C(CO)CO)cc2o1. The van der Waals surface area contributed by atoms with Crippen molar-refractivity contribution in [3.05, 3.63) is 29.7 Å². The second kappa shape index (κ2) is 6.14. The molecule has 2 rings (SSSR count). The summed E-state index contributed by atoms with van der Waals surface area (Å²) in [5.74, 6) is 0.671. The fourth-order valence-corrected chi connectivity index (χ4v) is 2.06. The first kappa shape index (κ1) is 14.0. The number of aromatic nitrogens is 1. The fourth-order valence-electron chi connectivity index (χ4n) is 2.06. The van der Waals surface area contributed by atoms with Gasteiger partial charge in [-0.3, -0.25) is 4.90 Å². The highest BCUT2D eigenvalue weighted by Gasteiger charge is 2.12. The number of rotatable bonds is 6. The Morgan fingerprint density at radius 1 is 1.32 bits per heavy atom. The summed E-state index contributed by atoms with van der Waals surface area (Å²) in [5.41, 5.74) is 2.84. The molecular formula is C14H20N2O3. The molecule has 0 saturated heterocycles. The topological polar surface area (TPSA) is 69.7 Å². The number of oxazole rings is 1. The van der Waals surface area contributed by atoms with Gasteiger partial charge in [-0.1, -0.05) is 6.07 Å². The van der Waals surface area contributed by atoms with E-state index in [4.69, 9.17) is 14.6 Å². The zero-order chi connectivity index (χ0) is 13.8. The van der Waals surface area contributed by atoms with E-state index in [0.29, 0.717) is 5.89 Å². The molecular weight excluding hydrogens is 244 g/mol. The van der Waals surface area contributed by atoms with Crippen molar-refractivity contribution in [3.8, 4) is 0 Å². The van der Waals surface area contributed by atoms with E-state index in [-0.39, 0.29) is 19.3 Å². The number of aryl methyl sites for hydroxylation is 1. The van der Waals surface area contributed by atoms with Crippen molar-refractivity contribution >= 4 is 11.1 Å². The Morgan fingerprint density at radius 3 is 2.74 bits per heavy atom. The van der Waals surface area contributed by atoms with Gasteiger partial charge in [0.2, 0.25) is 0 Å². The molecule has 0 aliphatic carbocycles. The molecule has 1 aromatic carbocycles. The van der Waals surface area contributed by atoms with Crippen LogP contribution in [0.2, 0.25) is 0 Å². The summed E-state index contributed by atoms with van der Waals surface area (Å²) in [4.78, 5) is 6.22. The summed E-state index contributed by atoms with van der Waals surface area (Å²) < 4.78 is 5.50. The van der Waals surface area contributed by atoms with Gasteiger partial charge in [0.15, 0.2) is 11.5 Å². The van der Waals surface area contributed by atoms with Crippen LogP contribution >= 0.6 is 0 Å². The summed E-state index contributed by atoms with van der Waals surface area (Å²) >= 11 is 0. The van der Waals surface area contributed by atoms with Crippen LogP contribution in [0.5, 0.6) is 0 Å². The highest BCUT2D eigenvalue weighted by molar-refractivity contribution is 5.73. The van der Waals surface area contributed by atoms with Crippen LogP contribution in [0.3, 0.4) is 0 Å². The van der Waals surface area contributed by atoms with Crippen LogP contribution in [0.1, 0.15) is 11.5 Å². The minimum Gasteiger partial charge on any atom is -0.441 e. The lowest BCUT2D eigenvalue weighted by Gasteiger charge is -2.24. The minimum absolute atomic E-state index is 0.0344. The molecule has 2 N–H and O–H groups in total. The molecule has 0 fully saturated rings. The Hall–Kier alpha value is -1.43. The predicted molar refractivity (Wildman–Crippen MR) is 73.0 cm³/mol. The Morgan fingerprint density at radius 2 is 2.05 bits per heavy atom. The van der Waals surface area contributed by atoms with Crippen LogP contribution in [0.4, 0.5) is 0 Å². The number of hydrogen-bond donors (Lipinski definition) is 2. The van der Waals surface area contributed by atoms with Gasteiger partial charge in [0, 0.05) is 13.5 Å². The van der Waals surface area contributed by atoms with Gasteiger partial charge in [-0.25, -0.2) is 4.98 Å². The van der Waals surface area contributed by atoms with Crippen LogP contribution in [0, 0.1) is 6.92 Å². The van der Waals surface area contributed by atoms with Crippen LogP contribution < -0.4 is 0 Å². The molecule has 5 heteroatoms. The maximum atomic E-state index is 9.11. The van der Waals surface area contributed by atoms with Gasteiger partial charge >= 0.3 is 0 Å². The Labute approximate surface area is 112 Å². The Bertz CT molecular complexity index is 534. The first-order chi connectivity index (χ1) is 9.13. The fraction of sp³-hybridized carbons (Fsp3) is 0.500. The van der Waals surface area contributed by atoms with Crippen molar-refractivity contribution in [1.82, 2.24) is 9.88 Å². The van der Waals surface area contributed by atoms with Crippen molar-refractivity contribution < 1.29 is 14.6 Å². The van der Waals surface area contributed by atoms with Gasteiger partial charge in [0.05, 0.1) is 19.3 Å². The molecule has 0 spiro atoms. The van der Waals surface area contributed by atoms with Crippen molar-refractivity contribution in [2.45, 2.75) is 19.4 Å². The number of likely N-dealkylation sites (N-methyl/N-ethyl adjacent to an activating group) is 1. The van der Waals surface area contributed by atoms with Crippen molar-refractivity contribution in [2.75, 3.05) is 26.8 Å². The molecule has 5 nitrogen and oxygen atoms in total. The van der Waals surface area contributed by atoms with Gasteiger partial charge in [0.25, 0.3) is 0 Å². The summed E-state index contributed by atoms with van der Waals surface area (Å²) in [6.45, 7) is 2.53. The lowest BCUT2D eigenvalue weighted by molar-refractivity contribution is 0.0925. The van der Waals surface area contributed by atoms with Crippen LogP contribution in [0.25, 0.3) is 11.1 Å². The van der Waals surface area contributed by atoms with Crippen LogP contribution in [0.15, 0.2) is 22.6 Å². The molecule has 1 aromatic heterocycles. The Balaban J connectivity index is 2.01. The third-order valence-corrected chi connectivity index (χ3v) is 3.36. The van der Waals surface area contributed by atoms with Gasteiger partial charge in [-0.05, 0) is 31.2 Å². The molecule has 2 aromatic rings. The zero-order valence-electron chi connectivity index (χ0n) is 11.3. The van der Waals surface area contributed by atoms with Crippen LogP contribution in [-0.4, -0.2) is 52.9 Å². The van der Waals surface area contributed by atoms with Gasteiger partial charge < -0.3 is 14.6 Å². The number of hydrogen-bond acceptors (Lipinski definition) is 5. The van der Waals surface area contributed by atoms with Crippen LogP contribution in [-0.2, 0) is 6.42 Å². The van der Waals surface area contributed by atoms with Gasteiger partial charge in [0.1, 0.15) is 5.52 Å². The first-order valence-corrected chi connectivity index (χ1v) is 6.42. The molecule has 1 heterocycles. The number of aliphatic hydroxyl groups excluding tert-OH is 2. The van der Waals surface area contributed by atoms with Crippen molar-refractivity contribution in [1.29, 1.82) is 0 Å². The number of nitrogens with zero attached hydrogens (tertiary/aromatic N) is 2. The summed E-state index contributed by atoms with van der Waals surface area (Å²) in [5, 5.41) is 18.2. The summed E-state index contributed by atoms with van der Waals surface area (Å²) in [6.07, 6.45) is 0.836. The normalized spacial score (nSPS) is 11.9. The molecule has 0 bridgehead atoms. The molecule has 0 radical (unpaired) electrons. The molecule has 19 heavy (non-hydrogen) atoms. The third-order valence-electron chi connectivity index (χ3n) is 3.36. The highest BCUT2D eigenvalue weighted by atomic mass is 16.3. The molecule has 0 atom stereocenters. The maximum Gasteiger partial charge on any atom is 0.192 e. The zero-order valence-corrected chi connectivity index (χ0v) is 11.3.